The van der Waals surface area contributed by atoms with Crippen LogP contribution in [0.25, 0.3) is 0 Å². The molecule has 0 atom stereocenters. The molecular weight excluding hydrogens is 200 g/mol. The van der Waals surface area contributed by atoms with E-state index < -0.39 is 0 Å². The van der Waals surface area contributed by atoms with Crippen LogP contribution < -0.4 is 0 Å². The summed E-state index contributed by atoms with van der Waals surface area (Å²) in [7, 11) is 0. The lowest BCUT2D eigenvalue weighted by molar-refractivity contribution is 0.474. The molecular formula is C13H14N2O. The summed E-state index contributed by atoms with van der Waals surface area (Å²) in [6, 6.07) is 7.31. The van der Waals surface area contributed by atoms with Crippen LogP contribution in [0.1, 0.15) is 16.8 Å². The van der Waals surface area contributed by atoms with Crippen molar-refractivity contribution < 1.29 is 5.11 Å². The maximum absolute atomic E-state index is 9.41. The molecule has 2 N–H and O–H groups in total. The Labute approximate surface area is 94.5 Å². The molecule has 0 unspecified atom stereocenters. The number of nitrogens with zero attached hydrogens (tertiary/aromatic N) is 1. The molecule has 0 fully saturated rings. The molecule has 1 aromatic heterocycles. The van der Waals surface area contributed by atoms with Crippen molar-refractivity contribution in [1.82, 2.24) is 4.98 Å². The standard InChI is InChI=1S/C13H14N2O/c1-9-6-12(16)7-10(2)13(9)15-8-11-4-3-5-14-11/h3-8,14,16H,1-2H3/b15-8+. The van der Waals surface area contributed by atoms with E-state index in [1.54, 1.807) is 18.3 Å². The Bertz CT molecular complexity index is 490. The molecule has 0 saturated carbocycles. The lowest BCUT2D eigenvalue weighted by Gasteiger charge is -2.05. The lowest BCUT2D eigenvalue weighted by Crippen LogP contribution is -1.83. The highest BCUT2D eigenvalue weighted by Crippen LogP contribution is 2.27. The molecule has 0 aliphatic carbocycles. The number of hydrogen-bond donors (Lipinski definition) is 2. The Morgan fingerprint density at radius 2 is 1.94 bits per heavy atom. The summed E-state index contributed by atoms with van der Waals surface area (Å²) >= 11 is 0. The minimum Gasteiger partial charge on any atom is -0.508 e. The number of phenols is 1. The number of aliphatic imine (C=N–C) groups is 1. The van der Waals surface area contributed by atoms with E-state index in [0.717, 1.165) is 22.5 Å². The van der Waals surface area contributed by atoms with Crippen molar-refractivity contribution in [1.29, 1.82) is 0 Å². The van der Waals surface area contributed by atoms with Gasteiger partial charge in [-0.3, -0.25) is 4.99 Å². The molecule has 1 heterocycles. The number of hydrogen-bond acceptors (Lipinski definition) is 2. The van der Waals surface area contributed by atoms with Crippen molar-refractivity contribution in [3.05, 3.63) is 47.3 Å². The first-order valence-electron chi connectivity index (χ1n) is 5.14. The fraction of sp³-hybridized carbons (Fsp3) is 0.154. The highest BCUT2D eigenvalue weighted by Gasteiger charge is 2.02. The van der Waals surface area contributed by atoms with Gasteiger partial charge in [-0.25, -0.2) is 0 Å². The van der Waals surface area contributed by atoms with Crippen LogP contribution in [-0.2, 0) is 0 Å². The SMILES string of the molecule is Cc1cc(O)cc(C)c1/N=C/c1ccc[nH]1. The number of rotatable bonds is 2. The number of aromatic hydroxyl groups is 1. The Kier molecular flexibility index (Phi) is 2.77. The van der Waals surface area contributed by atoms with Gasteiger partial charge < -0.3 is 10.1 Å². The van der Waals surface area contributed by atoms with Crippen molar-refractivity contribution in [3.8, 4) is 5.75 Å². The van der Waals surface area contributed by atoms with Gasteiger partial charge in [0, 0.05) is 6.20 Å². The number of aromatic nitrogens is 1. The summed E-state index contributed by atoms with van der Waals surface area (Å²) in [6.07, 6.45) is 3.64. The van der Waals surface area contributed by atoms with Crippen molar-refractivity contribution in [3.63, 3.8) is 0 Å². The molecule has 3 heteroatoms. The first kappa shape index (κ1) is 10.5. The summed E-state index contributed by atoms with van der Waals surface area (Å²) in [5, 5.41) is 9.41. The summed E-state index contributed by atoms with van der Waals surface area (Å²) in [6.45, 7) is 3.88. The predicted molar refractivity (Wildman–Crippen MR) is 65.6 cm³/mol. The number of aryl methyl sites for hydroxylation is 2. The van der Waals surface area contributed by atoms with Gasteiger partial charge in [0.05, 0.1) is 17.6 Å². The third kappa shape index (κ3) is 2.14. The lowest BCUT2D eigenvalue weighted by atomic mass is 10.1. The van der Waals surface area contributed by atoms with Crippen LogP contribution in [0, 0.1) is 13.8 Å². The Balaban J connectivity index is 2.35. The van der Waals surface area contributed by atoms with E-state index in [0.29, 0.717) is 0 Å². The van der Waals surface area contributed by atoms with E-state index in [1.165, 1.54) is 0 Å². The van der Waals surface area contributed by atoms with E-state index in [-0.39, 0.29) is 5.75 Å². The van der Waals surface area contributed by atoms with Crippen molar-refractivity contribution in [2.45, 2.75) is 13.8 Å². The fourth-order valence-corrected chi connectivity index (χ4v) is 1.70. The second-order valence-electron chi connectivity index (χ2n) is 3.81. The average molecular weight is 214 g/mol. The van der Waals surface area contributed by atoms with Crippen LogP contribution in [0.2, 0.25) is 0 Å². The topological polar surface area (TPSA) is 48.4 Å². The van der Waals surface area contributed by atoms with Crippen LogP contribution >= 0.6 is 0 Å². The maximum Gasteiger partial charge on any atom is 0.116 e. The van der Waals surface area contributed by atoms with Crippen molar-refractivity contribution in [2.75, 3.05) is 0 Å². The minimum absolute atomic E-state index is 0.286. The van der Waals surface area contributed by atoms with E-state index >= 15 is 0 Å². The van der Waals surface area contributed by atoms with Crippen molar-refractivity contribution in [2.24, 2.45) is 4.99 Å². The average Bonchev–Trinajstić information content (AvgIpc) is 2.68. The summed E-state index contributed by atoms with van der Waals surface area (Å²) in [5.74, 6) is 0.286. The normalized spacial score (nSPS) is 11.1. The molecule has 0 spiro atoms. The third-order valence-corrected chi connectivity index (χ3v) is 2.43. The Morgan fingerprint density at radius 1 is 1.25 bits per heavy atom. The summed E-state index contributed by atoms with van der Waals surface area (Å²) in [4.78, 5) is 7.48. The zero-order valence-corrected chi connectivity index (χ0v) is 9.36. The predicted octanol–water partition coefficient (Wildman–Crippen LogP) is 3.09. The van der Waals surface area contributed by atoms with Gasteiger partial charge in [0.2, 0.25) is 0 Å². The molecule has 16 heavy (non-hydrogen) atoms. The third-order valence-electron chi connectivity index (χ3n) is 2.43. The van der Waals surface area contributed by atoms with Gasteiger partial charge in [0.1, 0.15) is 5.75 Å². The highest BCUT2D eigenvalue weighted by atomic mass is 16.3. The van der Waals surface area contributed by atoms with Crippen LogP contribution in [0.5, 0.6) is 5.75 Å². The molecule has 3 nitrogen and oxygen atoms in total. The van der Waals surface area contributed by atoms with Gasteiger partial charge >= 0.3 is 0 Å². The zero-order valence-electron chi connectivity index (χ0n) is 9.36. The van der Waals surface area contributed by atoms with Gasteiger partial charge in [0.15, 0.2) is 0 Å². The van der Waals surface area contributed by atoms with Gasteiger partial charge in [-0.15, -0.1) is 0 Å². The molecule has 2 rings (SSSR count). The molecule has 0 saturated heterocycles. The van der Waals surface area contributed by atoms with E-state index in [4.69, 9.17) is 0 Å². The molecule has 2 aromatic rings. The summed E-state index contributed by atoms with van der Waals surface area (Å²) < 4.78 is 0. The molecule has 0 aliphatic heterocycles. The monoisotopic (exact) mass is 214 g/mol. The fourth-order valence-electron chi connectivity index (χ4n) is 1.70. The van der Waals surface area contributed by atoms with Crippen LogP contribution in [0.15, 0.2) is 35.5 Å². The molecule has 1 aromatic carbocycles. The largest absolute Gasteiger partial charge is 0.508 e. The first-order chi connectivity index (χ1) is 7.66. The number of aromatic amines is 1. The molecule has 82 valence electrons. The van der Waals surface area contributed by atoms with E-state index in [9.17, 15) is 5.11 Å². The number of H-pyrrole nitrogens is 1. The molecule has 0 radical (unpaired) electrons. The highest BCUT2D eigenvalue weighted by molar-refractivity contribution is 5.80. The minimum atomic E-state index is 0.286. The summed E-state index contributed by atoms with van der Waals surface area (Å²) in [5.41, 5.74) is 3.82. The Morgan fingerprint density at radius 3 is 2.50 bits per heavy atom. The van der Waals surface area contributed by atoms with Gasteiger partial charge in [-0.1, -0.05) is 0 Å². The quantitative estimate of drug-likeness (QED) is 0.741. The van der Waals surface area contributed by atoms with E-state index in [2.05, 4.69) is 9.98 Å². The number of nitrogens with one attached hydrogen (secondary N) is 1. The smallest absolute Gasteiger partial charge is 0.116 e. The number of benzene rings is 1. The second-order valence-corrected chi connectivity index (χ2v) is 3.81. The Hall–Kier alpha value is -2.03. The molecule has 0 amide bonds. The molecule has 0 bridgehead atoms. The van der Waals surface area contributed by atoms with Crippen LogP contribution in [0.4, 0.5) is 5.69 Å². The van der Waals surface area contributed by atoms with Gasteiger partial charge in [0.25, 0.3) is 0 Å². The van der Waals surface area contributed by atoms with Crippen LogP contribution in [0.3, 0.4) is 0 Å². The second kappa shape index (κ2) is 4.23. The van der Waals surface area contributed by atoms with Crippen LogP contribution in [-0.4, -0.2) is 16.3 Å². The van der Waals surface area contributed by atoms with E-state index in [1.807, 2.05) is 32.2 Å². The zero-order chi connectivity index (χ0) is 11.5. The molecule has 0 aliphatic rings. The van der Waals surface area contributed by atoms with Gasteiger partial charge in [-0.2, -0.15) is 0 Å². The van der Waals surface area contributed by atoms with Crippen molar-refractivity contribution >= 4 is 11.9 Å². The maximum atomic E-state index is 9.41. The number of phenolic OH excluding ortho intramolecular Hbond substituents is 1. The first-order valence-corrected chi connectivity index (χ1v) is 5.14. The van der Waals surface area contributed by atoms with Gasteiger partial charge in [-0.05, 0) is 49.2 Å².